The molecule has 0 radical (unpaired) electrons. The number of nitriles is 1. The van der Waals surface area contributed by atoms with Crippen molar-refractivity contribution in [2.75, 3.05) is 9.64 Å². The number of halogens is 2. The van der Waals surface area contributed by atoms with E-state index in [2.05, 4.69) is 47.9 Å². The molecule has 1 unspecified atom stereocenters. The Morgan fingerprint density at radius 3 is 2.29 bits per heavy atom. The van der Waals surface area contributed by atoms with Crippen LogP contribution in [0.3, 0.4) is 0 Å². The minimum atomic E-state index is -3.79. The van der Waals surface area contributed by atoms with Gasteiger partial charge in [-0.15, -0.1) is 0 Å². The summed E-state index contributed by atoms with van der Waals surface area (Å²) in [7, 11) is -3.79. The zero-order valence-electron chi connectivity index (χ0n) is 16.1. The van der Waals surface area contributed by atoms with Crippen molar-refractivity contribution in [2.45, 2.75) is 43.3 Å². The van der Waals surface area contributed by atoms with Gasteiger partial charge in [0.15, 0.2) is 0 Å². The van der Waals surface area contributed by atoms with Crippen LogP contribution in [0.15, 0.2) is 36.9 Å². The van der Waals surface area contributed by atoms with Gasteiger partial charge in [-0.3, -0.25) is 4.31 Å². The van der Waals surface area contributed by atoms with E-state index in [4.69, 9.17) is 0 Å². The first-order chi connectivity index (χ1) is 12.9. The van der Waals surface area contributed by atoms with E-state index in [1.54, 1.807) is 45.3 Å². The van der Waals surface area contributed by atoms with Crippen LogP contribution in [-0.4, -0.2) is 28.5 Å². The number of anilines is 1. The van der Waals surface area contributed by atoms with Gasteiger partial charge >= 0.3 is 0 Å². The molecule has 0 aliphatic carbocycles. The van der Waals surface area contributed by atoms with Gasteiger partial charge < -0.3 is 0 Å². The number of hydrogen-bond acceptors (Lipinski definition) is 5. The topological polar surface area (TPSA) is 86.9 Å². The Hall–Kier alpha value is -1.50. The van der Waals surface area contributed by atoms with Crippen molar-refractivity contribution in [3.8, 4) is 6.07 Å². The highest BCUT2D eigenvalue weighted by molar-refractivity contribution is 9.12. The quantitative estimate of drug-likeness (QED) is 0.514. The van der Waals surface area contributed by atoms with Crippen LogP contribution in [0.25, 0.3) is 0 Å². The van der Waals surface area contributed by atoms with Crippen LogP contribution in [-0.2, 0) is 20.9 Å². The molecule has 1 aromatic heterocycles. The van der Waals surface area contributed by atoms with Gasteiger partial charge in [0.2, 0.25) is 10.0 Å². The van der Waals surface area contributed by atoms with E-state index in [-0.39, 0.29) is 12.1 Å². The van der Waals surface area contributed by atoms with E-state index >= 15 is 0 Å². The molecular formula is C19H22Br2N4O2S. The predicted molar refractivity (Wildman–Crippen MR) is 118 cm³/mol. The number of benzene rings is 1. The lowest BCUT2D eigenvalue weighted by atomic mass is 10.00. The summed E-state index contributed by atoms with van der Waals surface area (Å²) in [4.78, 5) is 7.95. The molecular weight excluding hydrogens is 508 g/mol. The van der Waals surface area contributed by atoms with E-state index in [0.717, 1.165) is 5.56 Å². The predicted octanol–water partition coefficient (Wildman–Crippen LogP) is 4.49. The Morgan fingerprint density at radius 2 is 1.79 bits per heavy atom. The molecule has 0 N–H and O–H groups in total. The molecule has 0 aliphatic heterocycles. The van der Waals surface area contributed by atoms with E-state index in [1.165, 1.54) is 10.6 Å². The zero-order valence-corrected chi connectivity index (χ0v) is 20.1. The maximum atomic E-state index is 13.4. The lowest BCUT2D eigenvalue weighted by Crippen LogP contribution is -2.43. The minimum Gasteiger partial charge on any atom is -0.264 e. The molecule has 28 heavy (non-hydrogen) atoms. The van der Waals surface area contributed by atoms with Crippen molar-refractivity contribution >= 4 is 47.6 Å². The molecule has 150 valence electrons. The van der Waals surface area contributed by atoms with E-state index in [0.29, 0.717) is 16.6 Å². The molecule has 2 aromatic rings. The third-order valence-electron chi connectivity index (χ3n) is 4.24. The van der Waals surface area contributed by atoms with E-state index in [1.807, 2.05) is 13.0 Å². The summed E-state index contributed by atoms with van der Waals surface area (Å²) >= 11 is 7.13. The Balaban J connectivity index is 2.73. The summed E-state index contributed by atoms with van der Waals surface area (Å²) in [6, 6.07) is 7.35. The standard InChI is InChI=1S/C19H22Br2N4O2S/c1-18(2,3)28(26,27)25(11-14-9-23-13-24-10-14)17-7-16(19(4,21)12-20)6-5-15(17)8-22/h5-7,9-10,13H,11-12H2,1-4H3. The molecule has 1 heterocycles. The average Bonchev–Trinajstić information content (AvgIpc) is 2.65. The van der Waals surface area contributed by atoms with E-state index in [9.17, 15) is 13.7 Å². The Labute approximate surface area is 183 Å². The van der Waals surface area contributed by atoms with Gasteiger partial charge in [-0.1, -0.05) is 37.9 Å². The number of rotatable bonds is 6. The van der Waals surface area contributed by atoms with Gasteiger partial charge in [0.25, 0.3) is 0 Å². The molecule has 0 fully saturated rings. The van der Waals surface area contributed by atoms with Gasteiger partial charge in [0.1, 0.15) is 12.4 Å². The number of nitrogens with zero attached hydrogens (tertiary/aromatic N) is 4. The molecule has 0 saturated carbocycles. The van der Waals surface area contributed by atoms with Crippen LogP contribution < -0.4 is 4.31 Å². The van der Waals surface area contributed by atoms with Crippen molar-refractivity contribution in [1.82, 2.24) is 9.97 Å². The van der Waals surface area contributed by atoms with Crippen LogP contribution in [0.5, 0.6) is 0 Å². The van der Waals surface area contributed by atoms with Gasteiger partial charge in [0.05, 0.1) is 26.9 Å². The molecule has 0 bridgehead atoms. The Bertz CT molecular complexity index is 981. The molecule has 2 rings (SSSR count). The maximum Gasteiger partial charge on any atom is 0.240 e. The molecule has 6 nitrogen and oxygen atoms in total. The fourth-order valence-electron chi connectivity index (χ4n) is 2.44. The van der Waals surface area contributed by atoms with Crippen molar-refractivity contribution in [3.63, 3.8) is 0 Å². The van der Waals surface area contributed by atoms with Gasteiger partial charge in [-0.05, 0) is 45.4 Å². The third kappa shape index (κ3) is 4.73. The smallest absolute Gasteiger partial charge is 0.240 e. The van der Waals surface area contributed by atoms with E-state index < -0.39 is 19.1 Å². The highest BCUT2D eigenvalue weighted by atomic mass is 79.9. The minimum absolute atomic E-state index is 0.0336. The first-order valence-electron chi connectivity index (χ1n) is 8.50. The van der Waals surface area contributed by atoms with Crippen LogP contribution >= 0.6 is 31.9 Å². The summed E-state index contributed by atoms with van der Waals surface area (Å²) in [6.45, 7) is 6.92. The third-order valence-corrected chi connectivity index (χ3v) is 9.31. The summed E-state index contributed by atoms with van der Waals surface area (Å²) in [5.74, 6) is 0. The Morgan fingerprint density at radius 1 is 1.18 bits per heavy atom. The zero-order chi connectivity index (χ0) is 21.2. The monoisotopic (exact) mass is 528 g/mol. The average molecular weight is 530 g/mol. The summed E-state index contributed by atoms with van der Waals surface area (Å²) in [5.41, 5.74) is 2.11. The number of hydrogen-bond donors (Lipinski definition) is 0. The van der Waals surface area contributed by atoms with Crippen LogP contribution in [0.2, 0.25) is 0 Å². The van der Waals surface area contributed by atoms with Crippen molar-refractivity contribution < 1.29 is 8.42 Å². The Kier molecular flexibility index (Phi) is 6.90. The van der Waals surface area contributed by atoms with Crippen molar-refractivity contribution in [2.24, 2.45) is 0 Å². The number of alkyl halides is 2. The lowest BCUT2D eigenvalue weighted by Gasteiger charge is -2.33. The number of sulfonamides is 1. The van der Waals surface area contributed by atoms with Crippen molar-refractivity contribution in [1.29, 1.82) is 5.26 Å². The van der Waals surface area contributed by atoms with Gasteiger partial charge in [0, 0.05) is 23.3 Å². The van der Waals surface area contributed by atoms with Crippen LogP contribution in [0.1, 0.15) is 44.4 Å². The normalized spacial score (nSPS) is 14.2. The van der Waals surface area contributed by atoms with Crippen LogP contribution in [0, 0.1) is 11.3 Å². The summed E-state index contributed by atoms with van der Waals surface area (Å²) in [5, 5.41) is 10.3. The maximum absolute atomic E-state index is 13.4. The van der Waals surface area contributed by atoms with Gasteiger partial charge in [-0.2, -0.15) is 5.26 Å². The highest BCUT2D eigenvalue weighted by Crippen LogP contribution is 2.38. The lowest BCUT2D eigenvalue weighted by molar-refractivity contribution is 0.554. The second kappa shape index (κ2) is 8.47. The molecule has 9 heteroatoms. The summed E-state index contributed by atoms with van der Waals surface area (Å²) in [6.07, 6.45) is 4.53. The molecule has 1 atom stereocenters. The number of aromatic nitrogens is 2. The molecule has 1 aromatic carbocycles. The first kappa shape index (κ1) is 22.8. The second-order valence-electron chi connectivity index (χ2n) is 7.55. The molecule has 0 spiro atoms. The molecule has 0 aliphatic rings. The van der Waals surface area contributed by atoms with Crippen LogP contribution in [0.4, 0.5) is 5.69 Å². The van der Waals surface area contributed by atoms with Crippen molar-refractivity contribution in [3.05, 3.63) is 53.6 Å². The highest BCUT2D eigenvalue weighted by Gasteiger charge is 2.37. The second-order valence-corrected chi connectivity index (χ2v) is 12.5. The largest absolute Gasteiger partial charge is 0.264 e. The fraction of sp³-hybridized carbons (Fsp3) is 0.421. The molecule has 0 amide bonds. The SMILES string of the molecule is CC(Br)(CBr)c1ccc(C#N)c(N(Cc2cncnc2)S(=O)(=O)C(C)(C)C)c1. The molecule has 0 saturated heterocycles. The first-order valence-corrected chi connectivity index (χ1v) is 11.8. The fourth-order valence-corrected chi connectivity index (χ4v) is 4.40. The summed E-state index contributed by atoms with van der Waals surface area (Å²) < 4.78 is 26.6. The van der Waals surface area contributed by atoms with Gasteiger partial charge in [-0.25, -0.2) is 18.4 Å².